The summed E-state index contributed by atoms with van der Waals surface area (Å²) in [5, 5.41) is 11.6. The van der Waals surface area contributed by atoms with Gasteiger partial charge in [-0.25, -0.2) is 14.8 Å². The SMILES string of the molecule is O=C(O)c1cnc(NCc2ccccn2)nc1. The molecule has 0 bridgehead atoms. The number of carbonyl (C=O) groups is 1. The van der Waals surface area contributed by atoms with Crippen molar-refractivity contribution in [2.75, 3.05) is 5.32 Å². The molecule has 17 heavy (non-hydrogen) atoms. The lowest BCUT2D eigenvalue weighted by atomic mass is 10.3. The number of aromatic nitrogens is 3. The first-order valence-corrected chi connectivity index (χ1v) is 4.95. The van der Waals surface area contributed by atoms with Crippen molar-refractivity contribution in [2.24, 2.45) is 0 Å². The Balaban J connectivity index is 1.98. The second-order valence-electron chi connectivity index (χ2n) is 3.28. The minimum absolute atomic E-state index is 0.0633. The van der Waals surface area contributed by atoms with Crippen molar-refractivity contribution >= 4 is 11.9 Å². The summed E-state index contributed by atoms with van der Waals surface area (Å²) in [6.45, 7) is 0.493. The fourth-order valence-corrected chi connectivity index (χ4v) is 1.20. The molecular weight excluding hydrogens is 220 g/mol. The topological polar surface area (TPSA) is 88.0 Å². The van der Waals surface area contributed by atoms with E-state index in [4.69, 9.17) is 5.11 Å². The standard InChI is InChI=1S/C11H10N4O2/c16-10(17)8-5-13-11(14-6-8)15-7-9-3-1-2-4-12-9/h1-6H,7H2,(H,16,17)(H,13,14,15). The molecule has 0 aromatic carbocycles. The predicted octanol–water partition coefficient (Wildman–Crippen LogP) is 1.18. The lowest BCUT2D eigenvalue weighted by Crippen LogP contribution is -2.06. The van der Waals surface area contributed by atoms with Gasteiger partial charge in [-0.3, -0.25) is 4.98 Å². The molecule has 2 heterocycles. The molecule has 0 aliphatic rings. The first kappa shape index (κ1) is 11.0. The molecule has 0 aliphatic carbocycles. The Hall–Kier alpha value is -2.50. The fourth-order valence-electron chi connectivity index (χ4n) is 1.20. The highest BCUT2D eigenvalue weighted by Crippen LogP contribution is 2.02. The van der Waals surface area contributed by atoms with Crippen LogP contribution in [0.5, 0.6) is 0 Å². The molecular formula is C11H10N4O2. The lowest BCUT2D eigenvalue weighted by Gasteiger charge is -2.03. The van der Waals surface area contributed by atoms with E-state index >= 15 is 0 Å². The number of pyridine rings is 1. The number of carboxylic acids is 1. The minimum atomic E-state index is -1.04. The van der Waals surface area contributed by atoms with E-state index in [-0.39, 0.29) is 5.56 Å². The van der Waals surface area contributed by atoms with Crippen LogP contribution in [0.1, 0.15) is 16.1 Å². The molecule has 0 saturated heterocycles. The highest BCUT2D eigenvalue weighted by Gasteiger charge is 2.03. The number of aromatic carboxylic acids is 1. The Kier molecular flexibility index (Phi) is 3.25. The molecule has 6 nitrogen and oxygen atoms in total. The van der Waals surface area contributed by atoms with Crippen molar-refractivity contribution in [2.45, 2.75) is 6.54 Å². The lowest BCUT2D eigenvalue weighted by molar-refractivity contribution is 0.0696. The van der Waals surface area contributed by atoms with Crippen LogP contribution in [-0.4, -0.2) is 26.0 Å². The average Bonchev–Trinajstić information content (AvgIpc) is 2.38. The first-order chi connectivity index (χ1) is 8.25. The number of carboxylic acid groups (broad SMARTS) is 1. The summed E-state index contributed by atoms with van der Waals surface area (Å²) in [6, 6.07) is 5.60. The second-order valence-corrected chi connectivity index (χ2v) is 3.28. The van der Waals surface area contributed by atoms with E-state index < -0.39 is 5.97 Å². The molecule has 0 saturated carbocycles. The highest BCUT2D eigenvalue weighted by atomic mass is 16.4. The summed E-state index contributed by atoms with van der Waals surface area (Å²) >= 11 is 0. The summed E-state index contributed by atoms with van der Waals surface area (Å²) in [4.78, 5) is 22.5. The van der Waals surface area contributed by atoms with Gasteiger partial charge in [0, 0.05) is 18.6 Å². The Morgan fingerprint density at radius 2 is 2.00 bits per heavy atom. The molecule has 2 aromatic heterocycles. The summed E-state index contributed by atoms with van der Waals surface area (Å²) in [5.41, 5.74) is 0.923. The van der Waals surface area contributed by atoms with E-state index in [2.05, 4.69) is 20.3 Å². The Morgan fingerprint density at radius 1 is 1.24 bits per heavy atom. The van der Waals surface area contributed by atoms with Crippen LogP contribution in [0.2, 0.25) is 0 Å². The van der Waals surface area contributed by atoms with Crippen LogP contribution in [0.25, 0.3) is 0 Å². The van der Waals surface area contributed by atoms with Crippen molar-refractivity contribution < 1.29 is 9.90 Å². The summed E-state index contributed by atoms with van der Waals surface area (Å²) < 4.78 is 0. The maximum Gasteiger partial charge on any atom is 0.338 e. The zero-order valence-corrected chi connectivity index (χ0v) is 8.87. The maximum atomic E-state index is 10.6. The van der Waals surface area contributed by atoms with Gasteiger partial charge in [-0.15, -0.1) is 0 Å². The Labute approximate surface area is 97.4 Å². The Bertz CT molecular complexity index is 499. The average molecular weight is 230 g/mol. The number of rotatable bonds is 4. The van der Waals surface area contributed by atoms with Crippen molar-refractivity contribution in [1.82, 2.24) is 15.0 Å². The van der Waals surface area contributed by atoms with E-state index in [9.17, 15) is 4.79 Å². The van der Waals surface area contributed by atoms with E-state index in [0.717, 1.165) is 5.69 Å². The van der Waals surface area contributed by atoms with E-state index in [1.807, 2.05) is 18.2 Å². The smallest absolute Gasteiger partial charge is 0.338 e. The van der Waals surface area contributed by atoms with Crippen LogP contribution >= 0.6 is 0 Å². The molecule has 0 spiro atoms. The number of nitrogens with one attached hydrogen (secondary N) is 1. The predicted molar refractivity (Wildman–Crippen MR) is 60.6 cm³/mol. The molecule has 0 atom stereocenters. The van der Waals surface area contributed by atoms with Gasteiger partial charge in [0.1, 0.15) is 0 Å². The van der Waals surface area contributed by atoms with Crippen LogP contribution < -0.4 is 5.32 Å². The van der Waals surface area contributed by atoms with Gasteiger partial charge in [0.2, 0.25) is 5.95 Å². The fraction of sp³-hybridized carbons (Fsp3) is 0.0909. The van der Waals surface area contributed by atoms with Gasteiger partial charge in [-0.05, 0) is 12.1 Å². The quantitative estimate of drug-likeness (QED) is 0.820. The molecule has 2 rings (SSSR count). The van der Waals surface area contributed by atoms with Crippen LogP contribution in [-0.2, 0) is 6.54 Å². The van der Waals surface area contributed by atoms with E-state index in [1.165, 1.54) is 12.4 Å². The van der Waals surface area contributed by atoms with Crippen molar-refractivity contribution in [3.63, 3.8) is 0 Å². The van der Waals surface area contributed by atoms with Crippen molar-refractivity contribution in [1.29, 1.82) is 0 Å². The molecule has 0 amide bonds. The minimum Gasteiger partial charge on any atom is -0.478 e. The van der Waals surface area contributed by atoms with Crippen LogP contribution in [0.4, 0.5) is 5.95 Å². The van der Waals surface area contributed by atoms with E-state index in [1.54, 1.807) is 6.20 Å². The molecule has 86 valence electrons. The number of hydrogen-bond acceptors (Lipinski definition) is 5. The van der Waals surface area contributed by atoms with Gasteiger partial charge in [0.15, 0.2) is 0 Å². The van der Waals surface area contributed by atoms with Gasteiger partial charge in [0.25, 0.3) is 0 Å². The van der Waals surface area contributed by atoms with Crippen LogP contribution in [0.3, 0.4) is 0 Å². The number of anilines is 1. The largest absolute Gasteiger partial charge is 0.478 e. The molecule has 0 unspecified atom stereocenters. The van der Waals surface area contributed by atoms with Crippen molar-refractivity contribution in [3.05, 3.63) is 48.0 Å². The monoisotopic (exact) mass is 230 g/mol. The van der Waals surface area contributed by atoms with Crippen LogP contribution in [0, 0.1) is 0 Å². The van der Waals surface area contributed by atoms with Gasteiger partial charge in [-0.1, -0.05) is 6.07 Å². The van der Waals surface area contributed by atoms with E-state index in [0.29, 0.717) is 12.5 Å². The van der Waals surface area contributed by atoms with Gasteiger partial charge in [0.05, 0.1) is 17.8 Å². The first-order valence-electron chi connectivity index (χ1n) is 4.95. The Morgan fingerprint density at radius 3 is 2.59 bits per heavy atom. The van der Waals surface area contributed by atoms with Crippen molar-refractivity contribution in [3.8, 4) is 0 Å². The maximum absolute atomic E-state index is 10.6. The third-order valence-electron chi connectivity index (χ3n) is 2.05. The normalized spacial score (nSPS) is 9.88. The molecule has 2 N–H and O–H groups in total. The number of hydrogen-bond donors (Lipinski definition) is 2. The summed E-state index contributed by atoms with van der Waals surface area (Å²) in [6.07, 6.45) is 4.22. The molecule has 0 radical (unpaired) electrons. The van der Waals surface area contributed by atoms with Crippen LogP contribution in [0.15, 0.2) is 36.8 Å². The van der Waals surface area contributed by atoms with Gasteiger partial charge in [-0.2, -0.15) is 0 Å². The van der Waals surface area contributed by atoms with Gasteiger partial charge < -0.3 is 10.4 Å². The van der Waals surface area contributed by atoms with Gasteiger partial charge >= 0.3 is 5.97 Å². The second kappa shape index (κ2) is 5.02. The summed E-state index contributed by atoms with van der Waals surface area (Å²) in [7, 11) is 0. The zero-order valence-electron chi connectivity index (χ0n) is 8.87. The zero-order chi connectivity index (χ0) is 12.1. The third-order valence-corrected chi connectivity index (χ3v) is 2.05. The number of nitrogens with zero attached hydrogens (tertiary/aromatic N) is 3. The molecule has 0 fully saturated rings. The highest BCUT2D eigenvalue weighted by molar-refractivity contribution is 5.86. The molecule has 0 aliphatic heterocycles. The molecule has 2 aromatic rings. The summed E-state index contributed by atoms with van der Waals surface area (Å²) in [5.74, 6) is -0.665. The molecule has 6 heteroatoms. The third kappa shape index (κ3) is 2.97.